The number of esters is 1. The van der Waals surface area contributed by atoms with E-state index in [1.165, 1.54) is 7.11 Å². The molecule has 3 rings (SSSR count). The van der Waals surface area contributed by atoms with Crippen LogP contribution in [0.25, 0.3) is 0 Å². The lowest BCUT2D eigenvalue weighted by Gasteiger charge is -2.14. The predicted octanol–water partition coefficient (Wildman–Crippen LogP) is 0.104. The van der Waals surface area contributed by atoms with Crippen molar-refractivity contribution < 1.29 is 24.0 Å². The summed E-state index contributed by atoms with van der Waals surface area (Å²) in [6.45, 7) is 0. The summed E-state index contributed by atoms with van der Waals surface area (Å²) in [5, 5.41) is 3.49. The zero-order chi connectivity index (χ0) is 14.3. The minimum atomic E-state index is -1.09. The van der Waals surface area contributed by atoms with Crippen LogP contribution in [0.1, 0.15) is 0 Å². The number of benzene rings is 1. The third kappa shape index (κ3) is 1.59. The first-order valence-corrected chi connectivity index (χ1v) is 5.90. The molecule has 7 nitrogen and oxygen atoms in total. The quantitative estimate of drug-likeness (QED) is 0.564. The van der Waals surface area contributed by atoms with Gasteiger partial charge in [-0.15, -0.1) is 0 Å². The number of amides is 2. The molecule has 2 heterocycles. The highest BCUT2D eigenvalue weighted by Gasteiger charge is 2.57. The molecule has 2 aliphatic heterocycles. The molecule has 0 radical (unpaired) electrons. The molecular formula is C13H10N2O5. The van der Waals surface area contributed by atoms with Gasteiger partial charge in [0.15, 0.2) is 5.71 Å². The van der Waals surface area contributed by atoms with Gasteiger partial charge in [-0.2, -0.15) is 0 Å². The van der Waals surface area contributed by atoms with Gasteiger partial charge in [0.1, 0.15) is 5.92 Å². The number of imide groups is 1. The Morgan fingerprint density at radius 3 is 2.60 bits per heavy atom. The molecular weight excluding hydrogens is 264 g/mol. The number of anilines is 1. The summed E-state index contributed by atoms with van der Waals surface area (Å²) in [4.78, 5) is 42.0. The maximum absolute atomic E-state index is 12.4. The average molecular weight is 274 g/mol. The summed E-state index contributed by atoms with van der Waals surface area (Å²) in [7, 11) is 1.17. The standard InChI is InChI=1S/C13H10N2O5/c1-19-13(18)9-8-10(20-14-9)12(17)15(11(8)16)7-5-3-2-4-6-7/h2-6,8,10H,1H3/t8-,10-/m1/s1. The smallest absolute Gasteiger partial charge is 0.356 e. The van der Waals surface area contributed by atoms with E-state index in [1.807, 2.05) is 0 Å². The fourth-order valence-electron chi connectivity index (χ4n) is 2.28. The highest BCUT2D eigenvalue weighted by Crippen LogP contribution is 2.33. The van der Waals surface area contributed by atoms with Crippen molar-refractivity contribution in [3.63, 3.8) is 0 Å². The number of nitrogens with zero attached hydrogens (tertiary/aromatic N) is 2. The second kappa shape index (κ2) is 4.44. The van der Waals surface area contributed by atoms with Crippen molar-refractivity contribution in [3.8, 4) is 0 Å². The SMILES string of the molecule is COC(=O)C1=NO[C@H]2C(=O)N(c3ccccc3)C(=O)[C@H]12. The van der Waals surface area contributed by atoms with Crippen LogP contribution in [-0.2, 0) is 24.0 Å². The van der Waals surface area contributed by atoms with Crippen LogP contribution >= 0.6 is 0 Å². The van der Waals surface area contributed by atoms with Gasteiger partial charge < -0.3 is 9.57 Å². The van der Waals surface area contributed by atoms with Crippen LogP contribution in [0.3, 0.4) is 0 Å². The van der Waals surface area contributed by atoms with Crippen LogP contribution in [0, 0.1) is 5.92 Å². The molecule has 0 aliphatic carbocycles. The lowest BCUT2D eigenvalue weighted by Crippen LogP contribution is -2.34. The molecule has 2 atom stereocenters. The summed E-state index contributed by atoms with van der Waals surface area (Å²) in [6.07, 6.45) is -1.09. The lowest BCUT2D eigenvalue weighted by molar-refractivity contribution is -0.133. The highest BCUT2D eigenvalue weighted by atomic mass is 16.7. The fourth-order valence-corrected chi connectivity index (χ4v) is 2.28. The van der Waals surface area contributed by atoms with Crippen molar-refractivity contribution in [3.05, 3.63) is 30.3 Å². The van der Waals surface area contributed by atoms with Gasteiger partial charge in [0.25, 0.3) is 5.91 Å². The van der Waals surface area contributed by atoms with E-state index >= 15 is 0 Å². The van der Waals surface area contributed by atoms with E-state index in [-0.39, 0.29) is 5.71 Å². The number of rotatable bonds is 2. The first-order chi connectivity index (χ1) is 9.65. The molecule has 102 valence electrons. The Hall–Kier alpha value is -2.70. The van der Waals surface area contributed by atoms with Crippen molar-refractivity contribution in [2.75, 3.05) is 12.0 Å². The normalized spacial score (nSPS) is 24.2. The van der Waals surface area contributed by atoms with E-state index < -0.39 is 29.8 Å². The number of fused-ring (bicyclic) bond motifs is 1. The topological polar surface area (TPSA) is 85.3 Å². The number of oxime groups is 1. The average Bonchev–Trinajstić information content (AvgIpc) is 3.01. The van der Waals surface area contributed by atoms with Gasteiger partial charge in [-0.1, -0.05) is 23.4 Å². The molecule has 1 fully saturated rings. The Morgan fingerprint density at radius 2 is 1.95 bits per heavy atom. The molecule has 2 aliphatic rings. The maximum Gasteiger partial charge on any atom is 0.356 e. The largest absolute Gasteiger partial charge is 0.464 e. The number of para-hydroxylation sites is 1. The van der Waals surface area contributed by atoms with Crippen LogP contribution in [0.4, 0.5) is 5.69 Å². The second-order valence-corrected chi connectivity index (χ2v) is 4.32. The van der Waals surface area contributed by atoms with E-state index in [0.717, 1.165) is 4.90 Å². The predicted molar refractivity (Wildman–Crippen MR) is 66.7 cm³/mol. The number of hydrogen-bond donors (Lipinski definition) is 0. The summed E-state index contributed by atoms with van der Waals surface area (Å²) in [5.74, 6) is -2.87. The van der Waals surface area contributed by atoms with E-state index in [1.54, 1.807) is 30.3 Å². The molecule has 0 saturated carbocycles. The Labute approximate surface area is 113 Å². The Bertz CT molecular complexity index is 625. The molecule has 1 saturated heterocycles. The molecule has 20 heavy (non-hydrogen) atoms. The van der Waals surface area contributed by atoms with Crippen LogP contribution in [0.5, 0.6) is 0 Å². The number of carbonyl (C=O) groups is 3. The molecule has 2 amide bonds. The van der Waals surface area contributed by atoms with Gasteiger partial charge >= 0.3 is 5.97 Å². The molecule has 0 N–H and O–H groups in total. The minimum Gasteiger partial charge on any atom is -0.464 e. The molecule has 7 heteroatoms. The van der Waals surface area contributed by atoms with Crippen LogP contribution in [0.15, 0.2) is 35.5 Å². The summed E-state index contributed by atoms with van der Waals surface area (Å²) >= 11 is 0. The Balaban J connectivity index is 1.97. The molecule has 0 spiro atoms. The molecule has 0 aromatic heterocycles. The van der Waals surface area contributed by atoms with Gasteiger partial charge in [-0.3, -0.25) is 9.59 Å². The lowest BCUT2D eigenvalue weighted by atomic mass is 10.00. The van der Waals surface area contributed by atoms with Crippen molar-refractivity contribution in [1.82, 2.24) is 0 Å². The number of methoxy groups -OCH3 is 1. The Morgan fingerprint density at radius 1 is 1.25 bits per heavy atom. The van der Waals surface area contributed by atoms with Gasteiger partial charge in [0, 0.05) is 0 Å². The summed E-state index contributed by atoms with van der Waals surface area (Å²) in [6, 6.07) is 8.45. The zero-order valence-corrected chi connectivity index (χ0v) is 10.5. The van der Waals surface area contributed by atoms with Gasteiger partial charge in [-0.05, 0) is 12.1 Å². The maximum atomic E-state index is 12.4. The number of carbonyl (C=O) groups excluding carboxylic acids is 3. The summed E-state index contributed by atoms with van der Waals surface area (Å²) in [5.41, 5.74) is 0.263. The number of hydrogen-bond acceptors (Lipinski definition) is 6. The molecule has 1 aromatic rings. The van der Waals surface area contributed by atoms with Crippen LogP contribution < -0.4 is 4.90 Å². The Kier molecular flexibility index (Phi) is 2.74. The molecule has 0 unspecified atom stereocenters. The second-order valence-electron chi connectivity index (χ2n) is 4.32. The van der Waals surface area contributed by atoms with Crippen molar-refractivity contribution in [1.29, 1.82) is 0 Å². The van der Waals surface area contributed by atoms with Crippen LogP contribution in [0.2, 0.25) is 0 Å². The first-order valence-electron chi connectivity index (χ1n) is 5.90. The van der Waals surface area contributed by atoms with Gasteiger partial charge in [0.2, 0.25) is 12.0 Å². The van der Waals surface area contributed by atoms with Gasteiger partial charge in [0.05, 0.1) is 12.8 Å². The third-order valence-electron chi connectivity index (χ3n) is 3.22. The van der Waals surface area contributed by atoms with E-state index in [9.17, 15) is 14.4 Å². The third-order valence-corrected chi connectivity index (χ3v) is 3.22. The van der Waals surface area contributed by atoms with Gasteiger partial charge in [-0.25, -0.2) is 9.69 Å². The van der Waals surface area contributed by atoms with Crippen molar-refractivity contribution in [2.24, 2.45) is 11.1 Å². The molecule has 0 bridgehead atoms. The fraction of sp³-hybridized carbons (Fsp3) is 0.231. The van der Waals surface area contributed by atoms with Crippen LogP contribution in [-0.4, -0.2) is 36.7 Å². The summed E-state index contributed by atoms with van der Waals surface area (Å²) < 4.78 is 4.54. The van der Waals surface area contributed by atoms with Crippen molar-refractivity contribution in [2.45, 2.75) is 6.10 Å². The van der Waals surface area contributed by atoms with E-state index in [2.05, 4.69) is 9.89 Å². The first kappa shape index (κ1) is 12.3. The molecule has 1 aromatic carbocycles. The van der Waals surface area contributed by atoms with E-state index in [4.69, 9.17) is 4.84 Å². The zero-order valence-electron chi connectivity index (χ0n) is 10.5. The monoisotopic (exact) mass is 274 g/mol. The minimum absolute atomic E-state index is 0.172. The number of ether oxygens (including phenoxy) is 1. The van der Waals surface area contributed by atoms with Crippen molar-refractivity contribution >= 4 is 29.2 Å². The highest BCUT2D eigenvalue weighted by molar-refractivity contribution is 6.46. The van der Waals surface area contributed by atoms with E-state index in [0.29, 0.717) is 5.69 Å².